The molecule has 0 aromatic carbocycles. The topological polar surface area (TPSA) is 31.5 Å². The average molecular weight is 86.1 g/mol. The van der Waals surface area contributed by atoms with E-state index in [1.807, 2.05) is 0 Å². The Bertz CT molecular complexity index is 57.0. The highest BCUT2D eigenvalue weighted by Crippen LogP contribution is 2.13. The highest BCUT2D eigenvalue weighted by molar-refractivity contribution is 4.99. The van der Waals surface area contributed by atoms with Gasteiger partial charge in [-0.15, -0.1) is 0 Å². The molecule has 6 heavy (non-hydrogen) atoms. The van der Waals surface area contributed by atoms with Gasteiger partial charge in [0.05, 0.1) is 0 Å². The summed E-state index contributed by atoms with van der Waals surface area (Å²) in [5, 5.41) is 0. The van der Waals surface area contributed by atoms with Crippen LogP contribution in [0.3, 0.4) is 0 Å². The third-order valence-corrected chi connectivity index (χ3v) is 0.972. The molecule has 1 nitrogen and oxygen atoms in total. The van der Waals surface area contributed by atoms with Gasteiger partial charge in [-0.3, -0.25) is 0 Å². The Kier molecular flexibility index (Phi) is 1.88. The van der Waals surface area contributed by atoms with Gasteiger partial charge in [0.15, 0.2) is 0 Å². The Hall–Kier alpha value is -0.300. The fourth-order valence-corrected chi connectivity index (χ4v) is 0.408. The van der Waals surface area contributed by atoms with E-state index in [9.17, 15) is 0 Å². The van der Waals surface area contributed by atoms with E-state index in [0.717, 1.165) is 5.92 Å². The second-order valence-electron chi connectivity index (χ2n) is 1.64. The molecule has 2 N–H and O–H groups in total. The quantitative estimate of drug-likeness (QED) is 0.390. The van der Waals surface area contributed by atoms with Crippen molar-refractivity contribution in [3.63, 3.8) is 0 Å². The molecule has 1 unspecified atom stereocenters. The van der Waals surface area contributed by atoms with Crippen molar-refractivity contribution in [1.29, 1.82) is 0 Å². The Morgan fingerprint density at radius 1 is 1.67 bits per heavy atom. The van der Waals surface area contributed by atoms with Crippen molar-refractivity contribution in [3.05, 3.63) is 12.2 Å². The van der Waals surface area contributed by atoms with Gasteiger partial charge >= 0.3 is 0 Å². The lowest BCUT2D eigenvalue weighted by Crippen LogP contribution is -1.93. The summed E-state index contributed by atoms with van der Waals surface area (Å²) in [7, 11) is 0. The standard InChI is InChI=1S/C5H8.H2O/c1-5-3-2-4-5;/h2-3,5H,4H2,1H3;1H2. The summed E-state index contributed by atoms with van der Waals surface area (Å²) in [6, 6.07) is 0. The molecule has 0 heterocycles. The highest BCUT2D eigenvalue weighted by Gasteiger charge is 1.98. The predicted molar refractivity (Wildman–Crippen MR) is 26.5 cm³/mol. The Labute approximate surface area is 38.0 Å². The Morgan fingerprint density at radius 2 is 2.00 bits per heavy atom. The van der Waals surface area contributed by atoms with E-state index in [0.29, 0.717) is 0 Å². The molecule has 0 aliphatic heterocycles. The number of rotatable bonds is 0. The minimum atomic E-state index is 0. The molecule has 0 aromatic heterocycles. The van der Waals surface area contributed by atoms with Crippen LogP contribution in [0.5, 0.6) is 0 Å². The van der Waals surface area contributed by atoms with Crippen LogP contribution in [0, 0.1) is 5.92 Å². The van der Waals surface area contributed by atoms with Crippen molar-refractivity contribution in [1.82, 2.24) is 0 Å². The van der Waals surface area contributed by atoms with Crippen LogP contribution in [0.25, 0.3) is 0 Å². The molecule has 0 radical (unpaired) electrons. The van der Waals surface area contributed by atoms with Crippen molar-refractivity contribution in [2.75, 3.05) is 0 Å². The van der Waals surface area contributed by atoms with Gasteiger partial charge in [-0.1, -0.05) is 19.1 Å². The van der Waals surface area contributed by atoms with Gasteiger partial charge in [0.1, 0.15) is 0 Å². The molecular formula is C5H10O. The summed E-state index contributed by atoms with van der Waals surface area (Å²) in [4.78, 5) is 0. The number of hydrogen-bond acceptors (Lipinski definition) is 0. The maximum Gasteiger partial charge on any atom is -0.0227 e. The fourth-order valence-electron chi connectivity index (χ4n) is 0.408. The first-order valence-electron chi connectivity index (χ1n) is 2.06. The van der Waals surface area contributed by atoms with Crippen molar-refractivity contribution in [2.24, 2.45) is 5.92 Å². The average Bonchev–Trinajstić information content (AvgIpc) is 1.30. The number of hydrogen-bond donors (Lipinski definition) is 0. The molecule has 0 saturated carbocycles. The summed E-state index contributed by atoms with van der Waals surface area (Å²) in [5.41, 5.74) is 0. The molecule has 1 atom stereocenters. The minimum Gasteiger partial charge on any atom is -0.412 e. The molecule has 1 aliphatic carbocycles. The van der Waals surface area contributed by atoms with E-state index in [-0.39, 0.29) is 5.48 Å². The lowest BCUT2D eigenvalue weighted by Gasteiger charge is -2.08. The fraction of sp³-hybridized carbons (Fsp3) is 0.600. The molecular weight excluding hydrogens is 76.1 g/mol. The minimum absolute atomic E-state index is 0. The molecule has 1 heteroatoms. The third-order valence-electron chi connectivity index (χ3n) is 0.972. The monoisotopic (exact) mass is 86.1 g/mol. The first-order valence-corrected chi connectivity index (χ1v) is 2.06. The zero-order chi connectivity index (χ0) is 3.70. The first kappa shape index (κ1) is 5.70. The van der Waals surface area contributed by atoms with Crippen LogP contribution < -0.4 is 0 Å². The maximum atomic E-state index is 2.22. The van der Waals surface area contributed by atoms with Crippen molar-refractivity contribution >= 4 is 0 Å². The molecule has 0 saturated heterocycles. The van der Waals surface area contributed by atoms with Crippen molar-refractivity contribution in [2.45, 2.75) is 13.3 Å². The Balaban J connectivity index is 0.000000250. The SMILES string of the molecule is CC1C=CC1.O. The summed E-state index contributed by atoms with van der Waals surface area (Å²) >= 11 is 0. The van der Waals surface area contributed by atoms with Gasteiger partial charge in [-0.2, -0.15) is 0 Å². The lowest BCUT2D eigenvalue weighted by atomic mass is 9.98. The molecule has 1 rings (SSSR count). The predicted octanol–water partition coefficient (Wildman–Crippen LogP) is 0.758. The van der Waals surface area contributed by atoms with E-state index in [2.05, 4.69) is 19.1 Å². The molecule has 0 amide bonds. The van der Waals surface area contributed by atoms with Crippen LogP contribution in [0.1, 0.15) is 13.3 Å². The van der Waals surface area contributed by atoms with Gasteiger partial charge in [0.25, 0.3) is 0 Å². The van der Waals surface area contributed by atoms with Gasteiger partial charge < -0.3 is 5.48 Å². The second kappa shape index (κ2) is 1.98. The van der Waals surface area contributed by atoms with Crippen LogP contribution in [0.2, 0.25) is 0 Å². The van der Waals surface area contributed by atoms with Crippen LogP contribution in [0.15, 0.2) is 12.2 Å². The largest absolute Gasteiger partial charge is 0.412 e. The molecule has 1 aliphatic rings. The summed E-state index contributed by atoms with van der Waals surface area (Å²) in [5.74, 6) is 0.884. The summed E-state index contributed by atoms with van der Waals surface area (Å²) < 4.78 is 0. The number of allylic oxidation sites excluding steroid dienone is 2. The van der Waals surface area contributed by atoms with Gasteiger partial charge in [-0.05, 0) is 12.3 Å². The van der Waals surface area contributed by atoms with E-state index in [1.54, 1.807) is 0 Å². The smallest absolute Gasteiger partial charge is 0.0227 e. The lowest BCUT2D eigenvalue weighted by molar-refractivity contribution is 0.681. The normalized spacial score (nSPS) is 27.8. The zero-order valence-corrected chi connectivity index (χ0v) is 3.94. The summed E-state index contributed by atoms with van der Waals surface area (Å²) in [6.07, 6.45) is 5.73. The molecule has 36 valence electrons. The molecule has 0 fully saturated rings. The Morgan fingerprint density at radius 3 is 2.00 bits per heavy atom. The molecule has 0 spiro atoms. The van der Waals surface area contributed by atoms with Crippen LogP contribution in [-0.4, -0.2) is 5.48 Å². The van der Waals surface area contributed by atoms with Crippen LogP contribution >= 0.6 is 0 Å². The van der Waals surface area contributed by atoms with Gasteiger partial charge in [0.2, 0.25) is 0 Å². The second-order valence-corrected chi connectivity index (χ2v) is 1.64. The highest BCUT2D eigenvalue weighted by atomic mass is 16.0. The van der Waals surface area contributed by atoms with E-state index in [4.69, 9.17) is 0 Å². The van der Waals surface area contributed by atoms with Crippen LogP contribution in [0.4, 0.5) is 0 Å². The van der Waals surface area contributed by atoms with Crippen molar-refractivity contribution < 1.29 is 5.48 Å². The van der Waals surface area contributed by atoms with Crippen molar-refractivity contribution in [3.8, 4) is 0 Å². The third kappa shape index (κ3) is 0.830. The van der Waals surface area contributed by atoms with Gasteiger partial charge in [-0.25, -0.2) is 0 Å². The van der Waals surface area contributed by atoms with E-state index >= 15 is 0 Å². The van der Waals surface area contributed by atoms with E-state index in [1.165, 1.54) is 6.42 Å². The van der Waals surface area contributed by atoms with Crippen LogP contribution in [-0.2, 0) is 0 Å². The molecule has 0 aromatic rings. The maximum absolute atomic E-state index is 2.22. The molecule has 0 bridgehead atoms. The first-order chi connectivity index (χ1) is 2.39. The summed E-state index contributed by atoms with van der Waals surface area (Å²) in [6.45, 7) is 2.22. The zero-order valence-electron chi connectivity index (χ0n) is 3.94. The van der Waals surface area contributed by atoms with Gasteiger partial charge in [0, 0.05) is 0 Å². The van der Waals surface area contributed by atoms with E-state index < -0.39 is 0 Å².